The predicted octanol–water partition coefficient (Wildman–Crippen LogP) is -1.73. The Labute approximate surface area is 260 Å². The van der Waals surface area contributed by atoms with E-state index in [2.05, 4.69) is 69.6 Å². The quantitative estimate of drug-likeness (QED) is 0.165. The molecule has 0 radical (unpaired) electrons. The molecule has 2 heterocycles. The fourth-order valence-electron chi connectivity index (χ4n) is 5.26. The molecule has 4 aromatic rings. The Morgan fingerprint density at radius 1 is 0.738 bits per heavy atom. The molecule has 42 heavy (non-hydrogen) atoms. The molecular weight excluding hydrogens is 571 g/mol. The van der Waals surface area contributed by atoms with Gasteiger partial charge in [-0.1, -0.05) is 25.0 Å². The number of imidazole rings is 2. The molecule has 10 heteroatoms. The van der Waals surface area contributed by atoms with E-state index < -0.39 is 0 Å². The minimum absolute atomic E-state index is 0. The second-order valence-electron chi connectivity index (χ2n) is 10.6. The molecule has 2 aromatic carbocycles. The number of hydrogen-bond acceptors (Lipinski definition) is 4. The van der Waals surface area contributed by atoms with Crippen molar-refractivity contribution in [3.05, 3.63) is 96.1 Å². The summed E-state index contributed by atoms with van der Waals surface area (Å²) in [7, 11) is 0. The summed E-state index contributed by atoms with van der Waals surface area (Å²) in [5, 5.41) is 21.0. The van der Waals surface area contributed by atoms with Gasteiger partial charge in [-0.05, 0) is 62.1 Å². The molecule has 1 aliphatic rings. The number of aliphatic imine (C=N–C) groups is 2. The molecule has 0 aliphatic heterocycles. The topological polar surface area (TPSA) is 82.8 Å². The van der Waals surface area contributed by atoms with Gasteiger partial charge in [0.05, 0.1) is 25.2 Å². The molecule has 1 aliphatic carbocycles. The minimum Gasteiger partial charge on any atom is -1.00 e. The molecule has 8 nitrogen and oxygen atoms in total. The van der Waals surface area contributed by atoms with Gasteiger partial charge in [0.15, 0.2) is 0 Å². The van der Waals surface area contributed by atoms with Gasteiger partial charge in [0.25, 0.3) is 0 Å². The molecule has 0 bridgehead atoms. The first-order valence-electron chi connectivity index (χ1n) is 14.3. The molecule has 0 unspecified atom stereocenters. The van der Waals surface area contributed by atoms with Crippen LogP contribution < -0.4 is 33.9 Å². The molecule has 1 fully saturated rings. The Morgan fingerprint density at radius 2 is 1.17 bits per heavy atom. The highest BCUT2D eigenvalue weighted by atomic mass is 35.5. The van der Waals surface area contributed by atoms with Crippen molar-refractivity contribution in [3.63, 3.8) is 0 Å². The maximum absolute atomic E-state index is 10.5. The first kappa shape index (κ1) is 32.9. The Hall–Kier alpha value is -3.62. The normalized spacial score (nSPS) is 16.9. The number of phenols is 2. The van der Waals surface area contributed by atoms with Gasteiger partial charge in [-0.3, -0.25) is 9.98 Å². The molecule has 2 N–H and O–H groups in total. The average molecular weight is 612 g/mol. The van der Waals surface area contributed by atoms with E-state index in [1.807, 2.05) is 24.3 Å². The monoisotopic (exact) mass is 610 g/mol. The smallest absolute Gasteiger partial charge is 0.244 e. The minimum atomic E-state index is 0. The number of aromatic hydroxyl groups is 2. The average Bonchev–Trinajstić information content (AvgIpc) is 3.63. The van der Waals surface area contributed by atoms with Crippen molar-refractivity contribution in [1.29, 1.82) is 0 Å². The van der Waals surface area contributed by atoms with Crippen molar-refractivity contribution in [2.75, 3.05) is 0 Å². The van der Waals surface area contributed by atoms with Crippen molar-refractivity contribution >= 4 is 12.4 Å². The molecule has 5 rings (SSSR count). The first-order valence-corrected chi connectivity index (χ1v) is 14.3. The lowest BCUT2D eigenvalue weighted by atomic mass is 9.91. The third kappa shape index (κ3) is 8.46. The number of phenolic OH excluding ortho intramolecular Hbond substituents is 2. The van der Waals surface area contributed by atoms with Gasteiger partial charge in [0.2, 0.25) is 12.7 Å². The van der Waals surface area contributed by atoms with Crippen molar-refractivity contribution in [2.24, 2.45) is 9.98 Å². The van der Waals surface area contributed by atoms with Gasteiger partial charge in [-0.2, -0.15) is 0 Å². The molecule has 0 saturated heterocycles. The van der Waals surface area contributed by atoms with E-state index in [9.17, 15) is 10.2 Å². The van der Waals surface area contributed by atoms with Crippen LogP contribution in [0.15, 0.2) is 83.8 Å². The van der Waals surface area contributed by atoms with Crippen LogP contribution in [0.25, 0.3) is 0 Å². The van der Waals surface area contributed by atoms with Gasteiger partial charge in [-0.25, -0.2) is 18.3 Å². The third-order valence-corrected chi connectivity index (χ3v) is 7.64. The van der Waals surface area contributed by atoms with E-state index in [0.717, 1.165) is 74.1 Å². The molecular formula is C32H40Cl2N6O2. The van der Waals surface area contributed by atoms with Gasteiger partial charge >= 0.3 is 0 Å². The number of rotatable bonds is 10. The largest absolute Gasteiger partial charge is 1.00 e. The maximum Gasteiger partial charge on any atom is 0.244 e. The third-order valence-electron chi connectivity index (χ3n) is 7.64. The van der Waals surface area contributed by atoms with E-state index >= 15 is 0 Å². The maximum atomic E-state index is 10.5. The van der Waals surface area contributed by atoms with Gasteiger partial charge in [-0.15, -0.1) is 0 Å². The van der Waals surface area contributed by atoms with Gasteiger partial charge in [0, 0.05) is 23.6 Å². The zero-order valence-corrected chi connectivity index (χ0v) is 25.7. The summed E-state index contributed by atoms with van der Waals surface area (Å²) in [5.74, 6) is 0.460. The van der Waals surface area contributed by atoms with Crippen LogP contribution in [0.3, 0.4) is 0 Å². The highest BCUT2D eigenvalue weighted by Gasteiger charge is 2.23. The van der Waals surface area contributed by atoms with E-state index in [4.69, 9.17) is 9.98 Å². The fourth-order valence-corrected chi connectivity index (χ4v) is 5.26. The van der Waals surface area contributed by atoms with Crippen LogP contribution in [0.1, 0.15) is 61.8 Å². The predicted molar refractivity (Wildman–Crippen MR) is 156 cm³/mol. The lowest BCUT2D eigenvalue weighted by Gasteiger charge is -2.25. The first-order chi connectivity index (χ1) is 19.5. The van der Waals surface area contributed by atoms with Gasteiger partial charge < -0.3 is 35.0 Å². The van der Waals surface area contributed by atoms with Crippen molar-refractivity contribution < 1.29 is 44.2 Å². The second kappa shape index (κ2) is 15.6. The molecule has 0 spiro atoms. The standard InChI is InChI=1S/C32H38N6O2.2ClH/c1-3-35-13-15-37(23-35)21-25-9-11-31(39)27(17-25)19-33-29-7-5-6-8-30(29)34-20-28-18-26(10-12-32(28)40)22-38-16-14-36(4-2)24-38;;/h9-20,23-24,29-30H,3-8,21-22H2,1-2H3;2*1H/t29-,30-;;/m1../s1. The Kier molecular flexibility index (Phi) is 12.2. The highest BCUT2D eigenvalue weighted by Crippen LogP contribution is 2.26. The summed E-state index contributed by atoms with van der Waals surface area (Å²) in [5.41, 5.74) is 3.66. The van der Waals surface area contributed by atoms with Crippen molar-refractivity contribution in [3.8, 4) is 11.5 Å². The SMILES string of the molecule is CCn1cc[n+](Cc2ccc(O)c(C=N[C@@H]3CCCC[C@H]3N=Cc3cc(C[n+]4ccn(CC)c4)ccc3O)c2)c1.[Cl-].[Cl-]. The van der Waals surface area contributed by atoms with Crippen molar-refractivity contribution in [1.82, 2.24) is 9.13 Å². The number of aryl methyl sites for hydroxylation is 2. The van der Waals surface area contributed by atoms with Crippen LogP contribution in [0, 0.1) is 0 Å². The van der Waals surface area contributed by atoms with E-state index in [1.165, 1.54) is 0 Å². The summed E-state index contributed by atoms with van der Waals surface area (Å²) in [6, 6.07) is 11.5. The molecule has 0 amide bonds. The van der Waals surface area contributed by atoms with Crippen LogP contribution in [0.5, 0.6) is 11.5 Å². The second-order valence-corrected chi connectivity index (χ2v) is 10.6. The Morgan fingerprint density at radius 3 is 1.55 bits per heavy atom. The van der Waals surface area contributed by atoms with Crippen LogP contribution in [0.4, 0.5) is 0 Å². The molecule has 1 saturated carbocycles. The van der Waals surface area contributed by atoms with Crippen molar-refractivity contribution in [2.45, 2.75) is 77.8 Å². The lowest BCUT2D eigenvalue weighted by molar-refractivity contribution is -0.688. The molecule has 2 aromatic heterocycles. The van der Waals surface area contributed by atoms with E-state index in [-0.39, 0.29) is 48.4 Å². The number of halogens is 2. The van der Waals surface area contributed by atoms with E-state index in [0.29, 0.717) is 0 Å². The fraction of sp³-hybridized carbons (Fsp3) is 0.375. The molecule has 2 atom stereocenters. The number of nitrogens with zero attached hydrogens (tertiary/aromatic N) is 6. The molecule has 224 valence electrons. The van der Waals surface area contributed by atoms with Crippen LogP contribution in [0.2, 0.25) is 0 Å². The Balaban J connectivity index is 0.00000242. The van der Waals surface area contributed by atoms with E-state index in [1.54, 1.807) is 24.6 Å². The van der Waals surface area contributed by atoms with Crippen LogP contribution in [-0.2, 0) is 26.2 Å². The number of aromatic nitrogens is 4. The summed E-state index contributed by atoms with van der Waals surface area (Å²) in [4.78, 5) is 9.80. The lowest BCUT2D eigenvalue weighted by Crippen LogP contribution is -3.00. The summed E-state index contributed by atoms with van der Waals surface area (Å²) < 4.78 is 8.53. The zero-order chi connectivity index (χ0) is 27.9. The van der Waals surface area contributed by atoms with Crippen LogP contribution in [-0.4, -0.2) is 43.9 Å². The number of hydrogen-bond donors (Lipinski definition) is 2. The van der Waals surface area contributed by atoms with Crippen LogP contribution >= 0.6 is 0 Å². The summed E-state index contributed by atoms with van der Waals surface area (Å²) in [6.07, 6.45) is 20.1. The summed E-state index contributed by atoms with van der Waals surface area (Å²) in [6.45, 7) is 7.57. The number of benzene rings is 2. The van der Waals surface area contributed by atoms with Gasteiger partial charge in [0.1, 0.15) is 49.4 Å². The highest BCUT2D eigenvalue weighted by molar-refractivity contribution is 5.84. The zero-order valence-electron chi connectivity index (χ0n) is 24.2. The summed E-state index contributed by atoms with van der Waals surface area (Å²) >= 11 is 0. The Bertz CT molecular complexity index is 1380.